The number of aromatic nitrogens is 1. The van der Waals surface area contributed by atoms with E-state index in [2.05, 4.69) is 22.5 Å². The lowest BCUT2D eigenvalue weighted by molar-refractivity contribution is 0.248. The molecule has 4 nitrogen and oxygen atoms in total. The Balaban J connectivity index is 1.92. The Kier molecular flexibility index (Phi) is 3.31. The number of anilines is 1. The molecule has 1 saturated carbocycles. The van der Waals surface area contributed by atoms with E-state index in [0.29, 0.717) is 5.92 Å². The van der Waals surface area contributed by atoms with Crippen LogP contribution in [0.15, 0.2) is 12.1 Å². The summed E-state index contributed by atoms with van der Waals surface area (Å²) in [6.07, 6.45) is 2.46. The molecule has 0 bridgehead atoms. The van der Waals surface area contributed by atoms with Gasteiger partial charge in [0.2, 0.25) is 0 Å². The van der Waals surface area contributed by atoms with Gasteiger partial charge < -0.3 is 10.6 Å². The third-order valence-electron chi connectivity index (χ3n) is 3.03. The number of nitrogens with zero attached hydrogens (tertiary/aromatic N) is 1. The number of hydrogen-bond acceptors (Lipinski definition) is 2. The van der Waals surface area contributed by atoms with Crippen molar-refractivity contribution in [2.45, 2.75) is 39.7 Å². The number of carbonyl (C=O) groups is 1. The van der Waals surface area contributed by atoms with Gasteiger partial charge in [-0.3, -0.25) is 4.98 Å². The average molecular weight is 233 g/mol. The molecule has 0 spiro atoms. The quantitative estimate of drug-likeness (QED) is 0.843. The number of hydrogen-bond donors (Lipinski definition) is 2. The maximum Gasteiger partial charge on any atom is 0.319 e. The molecule has 1 heterocycles. The van der Waals surface area contributed by atoms with Crippen molar-refractivity contribution in [2.24, 2.45) is 5.92 Å². The Morgan fingerprint density at radius 3 is 2.47 bits per heavy atom. The fourth-order valence-electron chi connectivity index (χ4n) is 1.99. The van der Waals surface area contributed by atoms with E-state index in [9.17, 15) is 4.79 Å². The average Bonchev–Trinajstić information content (AvgIpc) is 2.97. The molecule has 0 radical (unpaired) electrons. The second kappa shape index (κ2) is 4.73. The van der Waals surface area contributed by atoms with Gasteiger partial charge >= 0.3 is 6.03 Å². The molecule has 1 atom stereocenters. The Morgan fingerprint density at radius 1 is 1.35 bits per heavy atom. The van der Waals surface area contributed by atoms with Gasteiger partial charge in [0.15, 0.2) is 0 Å². The SMILES string of the molecule is Cc1cc(NC(=O)NC(C)C2CC2)cc(C)n1. The topological polar surface area (TPSA) is 54.0 Å². The number of aryl methyl sites for hydroxylation is 2. The van der Waals surface area contributed by atoms with Crippen LogP contribution in [-0.2, 0) is 0 Å². The molecule has 0 saturated heterocycles. The summed E-state index contributed by atoms with van der Waals surface area (Å²) in [4.78, 5) is 16.0. The van der Waals surface area contributed by atoms with Crippen molar-refractivity contribution < 1.29 is 4.79 Å². The van der Waals surface area contributed by atoms with Crippen molar-refractivity contribution in [1.29, 1.82) is 0 Å². The molecule has 1 aliphatic rings. The van der Waals surface area contributed by atoms with E-state index in [-0.39, 0.29) is 12.1 Å². The van der Waals surface area contributed by atoms with E-state index in [1.165, 1.54) is 12.8 Å². The van der Waals surface area contributed by atoms with E-state index in [4.69, 9.17) is 0 Å². The van der Waals surface area contributed by atoms with Crippen molar-refractivity contribution in [3.8, 4) is 0 Å². The Labute approximate surface area is 102 Å². The highest BCUT2D eigenvalue weighted by molar-refractivity contribution is 5.89. The fourth-order valence-corrected chi connectivity index (χ4v) is 1.99. The molecular weight excluding hydrogens is 214 g/mol. The number of carbonyl (C=O) groups excluding carboxylic acids is 1. The van der Waals surface area contributed by atoms with Crippen LogP contribution in [0.2, 0.25) is 0 Å². The molecule has 1 aromatic rings. The second-order valence-electron chi connectivity index (χ2n) is 4.86. The zero-order chi connectivity index (χ0) is 12.4. The molecule has 1 fully saturated rings. The summed E-state index contributed by atoms with van der Waals surface area (Å²) in [5.74, 6) is 0.668. The highest BCUT2D eigenvalue weighted by Crippen LogP contribution is 2.32. The van der Waals surface area contributed by atoms with Crippen LogP contribution < -0.4 is 10.6 Å². The lowest BCUT2D eigenvalue weighted by atomic mass is 10.2. The minimum atomic E-state index is -0.130. The van der Waals surface area contributed by atoms with Crippen molar-refractivity contribution in [2.75, 3.05) is 5.32 Å². The molecule has 0 aliphatic heterocycles. The van der Waals surface area contributed by atoms with Gasteiger partial charge in [-0.15, -0.1) is 0 Å². The maximum absolute atomic E-state index is 11.7. The normalized spacial score (nSPS) is 16.4. The minimum Gasteiger partial charge on any atom is -0.335 e. The standard InChI is InChI=1S/C13H19N3O/c1-8-6-12(7-9(2)14-8)16-13(17)15-10(3)11-4-5-11/h6-7,10-11H,4-5H2,1-3H3,(H2,14,15,16,17). The Bertz CT molecular complexity index is 406. The van der Waals surface area contributed by atoms with Crippen molar-refractivity contribution in [3.05, 3.63) is 23.5 Å². The number of amides is 2. The van der Waals surface area contributed by atoms with Crippen LogP contribution in [0.3, 0.4) is 0 Å². The van der Waals surface area contributed by atoms with Gasteiger partial charge in [-0.2, -0.15) is 0 Å². The van der Waals surface area contributed by atoms with Crippen molar-refractivity contribution in [3.63, 3.8) is 0 Å². The third kappa shape index (κ3) is 3.44. The number of urea groups is 1. The van der Waals surface area contributed by atoms with E-state index < -0.39 is 0 Å². The van der Waals surface area contributed by atoms with Crippen LogP contribution in [0, 0.1) is 19.8 Å². The van der Waals surface area contributed by atoms with E-state index >= 15 is 0 Å². The molecule has 92 valence electrons. The summed E-state index contributed by atoms with van der Waals surface area (Å²) in [7, 11) is 0. The van der Waals surface area contributed by atoms with Crippen LogP contribution in [0.25, 0.3) is 0 Å². The van der Waals surface area contributed by atoms with Gasteiger partial charge in [0.1, 0.15) is 0 Å². The van der Waals surface area contributed by atoms with E-state index in [1.54, 1.807) is 0 Å². The molecule has 17 heavy (non-hydrogen) atoms. The first kappa shape index (κ1) is 11.9. The zero-order valence-corrected chi connectivity index (χ0v) is 10.6. The largest absolute Gasteiger partial charge is 0.335 e. The van der Waals surface area contributed by atoms with Crippen LogP contribution in [-0.4, -0.2) is 17.1 Å². The number of pyridine rings is 1. The molecule has 1 aliphatic carbocycles. The predicted octanol–water partition coefficient (Wildman–Crippen LogP) is 2.62. The number of nitrogens with one attached hydrogen (secondary N) is 2. The van der Waals surface area contributed by atoms with Crippen molar-refractivity contribution in [1.82, 2.24) is 10.3 Å². The van der Waals surface area contributed by atoms with E-state index in [0.717, 1.165) is 17.1 Å². The Morgan fingerprint density at radius 2 is 1.94 bits per heavy atom. The van der Waals surface area contributed by atoms with Crippen molar-refractivity contribution >= 4 is 11.7 Å². The van der Waals surface area contributed by atoms with Gasteiger partial charge in [-0.1, -0.05) is 0 Å². The molecule has 1 aromatic heterocycles. The molecule has 1 unspecified atom stereocenters. The summed E-state index contributed by atoms with van der Waals surface area (Å²) in [6.45, 7) is 5.89. The second-order valence-corrected chi connectivity index (χ2v) is 4.86. The lowest BCUT2D eigenvalue weighted by Gasteiger charge is -2.14. The smallest absolute Gasteiger partial charge is 0.319 e. The first-order chi connectivity index (χ1) is 8.04. The monoisotopic (exact) mass is 233 g/mol. The molecule has 0 aromatic carbocycles. The molecular formula is C13H19N3O. The highest BCUT2D eigenvalue weighted by atomic mass is 16.2. The minimum absolute atomic E-state index is 0.130. The fraction of sp³-hybridized carbons (Fsp3) is 0.538. The lowest BCUT2D eigenvalue weighted by Crippen LogP contribution is -2.37. The first-order valence-electron chi connectivity index (χ1n) is 6.07. The maximum atomic E-state index is 11.7. The van der Waals surface area contributed by atoms with Gasteiger partial charge in [-0.25, -0.2) is 4.79 Å². The molecule has 2 amide bonds. The molecule has 2 rings (SSSR count). The summed E-state index contributed by atoms with van der Waals surface area (Å²) in [5, 5.41) is 5.81. The molecule has 4 heteroatoms. The summed E-state index contributed by atoms with van der Waals surface area (Å²) < 4.78 is 0. The van der Waals surface area contributed by atoms with Gasteiger partial charge in [0.25, 0.3) is 0 Å². The highest BCUT2D eigenvalue weighted by Gasteiger charge is 2.28. The van der Waals surface area contributed by atoms with E-state index in [1.807, 2.05) is 26.0 Å². The van der Waals surface area contributed by atoms with Gasteiger partial charge in [0.05, 0.1) is 0 Å². The molecule has 2 N–H and O–H groups in total. The Hall–Kier alpha value is -1.58. The van der Waals surface area contributed by atoms with Crippen LogP contribution in [0.1, 0.15) is 31.2 Å². The van der Waals surface area contributed by atoms with Gasteiger partial charge in [-0.05, 0) is 51.7 Å². The number of rotatable bonds is 3. The first-order valence-corrected chi connectivity index (χ1v) is 6.07. The predicted molar refractivity (Wildman–Crippen MR) is 68.1 cm³/mol. The summed E-state index contributed by atoms with van der Waals surface area (Å²) in [5.41, 5.74) is 2.63. The van der Waals surface area contributed by atoms with Crippen LogP contribution in [0.4, 0.5) is 10.5 Å². The van der Waals surface area contributed by atoms with Gasteiger partial charge in [0, 0.05) is 23.1 Å². The third-order valence-corrected chi connectivity index (χ3v) is 3.03. The zero-order valence-electron chi connectivity index (χ0n) is 10.6. The van der Waals surface area contributed by atoms with Crippen LogP contribution in [0.5, 0.6) is 0 Å². The summed E-state index contributed by atoms with van der Waals surface area (Å²) in [6, 6.07) is 3.87. The summed E-state index contributed by atoms with van der Waals surface area (Å²) >= 11 is 0. The van der Waals surface area contributed by atoms with Crippen LogP contribution >= 0.6 is 0 Å².